The second-order valence-electron chi connectivity index (χ2n) is 4.03. The van der Waals surface area contributed by atoms with Gasteiger partial charge in [-0.05, 0) is 18.2 Å². The third kappa shape index (κ3) is 1.67. The van der Waals surface area contributed by atoms with Gasteiger partial charge in [-0.3, -0.25) is 0 Å². The first kappa shape index (κ1) is 11.2. The molecule has 0 saturated heterocycles. The van der Waals surface area contributed by atoms with Crippen LogP contribution in [0.3, 0.4) is 0 Å². The first-order valence-electron chi connectivity index (χ1n) is 5.54. The van der Waals surface area contributed by atoms with Crippen LogP contribution in [0.1, 0.15) is 0 Å². The summed E-state index contributed by atoms with van der Waals surface area (Å²) in [7, 11) is 1.82. The maximum absolute atomic E-state index is 6.08. The molecule has 2 N–H and O–H groups in total. The van der Waals surface area contributed by atoms with Gasteiger partial charge in [-0.2, -0.15) is 0 Å². The lowest BCUT2D eigenvalue weighted by atomic mass is 10.1. The zero-order valence-electron chi connectivity index (χ0n) is 9.81. The molecule has 2 aromatic rings. The summed E-state index contributed by atoms with van der Waals surface area (Å²) in [6, 6.07) is 5.66. The van der Waals surface area contributed by atoms with Crippen molar-refractivity contribution in [1.82, 2.24) is 9.55 Å². The zero-order valence-corrected chi connectivity index (χ0v) is 10.6. The van der Waals surface area contributed by atoms with Crippen molar-refractivity contribution in [3.63, 3.8) is 0 Å². The summed E-state index contributed by atoms with van der Waals surface area (Å²) >= 11 is 6.08. The number of nitrogens with two attached hydrogens (primary N) is 1. The summed E-state index contributed by atoms with van der Waals surface area (Å²) in [5.41, 5.74) is 7.40. The van der Waals surface area contributed by atoms with Gasteiger partial charge in [0.15, 0.2) is 16.7 Å². The topological polar surface area (TPSA) is 62.3 Å². The highest BCUT2D eigenvalue weighted by Crippen LogP contribution is 2.37. The van der Waals surface area contributed by atoms with Gasteiger partial charge < -0.3 is 19.8 Å². The molecule has 2 heterocycles. The number of benzene rings is 1. The van der Waals surface area contributed by atoms with Gasteiger partial charge in [0.25, 0.3) is 0 Å². The van der Waals surface area contributed by atoms with Crippen LogP contribution in [0.5, 0.6) is 11.5 Å². The minimum Gasteiger partial charge on any atom is -0.486 e. The number of rotatable bonds is 1. The van der Waals surface area contributed by atoms with E-state index in [4.69, 9.17) is 26.8 Å². The van der Waals surface area contributed by atoms with Crippen molar-refractivity contribution < 1.29 is 9.47 Å². The third-order valence-corrected chi connectivity index (χ3v) is 3.17. The molecule has 0 saturated carbocycles. The standard InChI is InChI=1S/C12H12ClN3O2/c1-16-10(11(13)15-12(16)14)7-2-3-8-9(6-7)18-5-4-17-8/h2-3,6H,4-5H2,1H3,(H2,14,15). The molecule has 0 fully saturated rings. The molecule has 6 heteroatoms. The molecule has 94 valence electrons. The number of hydrogen-bond acceptors (Lipinski definition) is 4. The fraction of sp³-hybridized carbons (Fsp3) is 0.250. The summed E-state index contributed by atoms with van der Waals surface area (Å²) in [5.74, 6) is 1.84. The molecule has 0 bridgehead atoms. The minimum absolute atomic E-state index is 0.380. The van der Waals surface area contributed by atoms with Crippen LogP contribution >= 0.6 is 11.6 Å². The fourth-order valence-corrected chi connectivity index (χ4v) is 2.31. The Labute approximate surface area is 109 Å². The Morgan fingerprint density at radius 1 is 1.28 bits per heavy atom. The van der Waals surface area contributed by atoms with Crippen molar-refractivity contribution in [2.24, 2.45) is 7.05 Å². The number of ether oxygens (including phenoxy) is 2. The van der Waals surface area contributed by atoms with Gasteiger partial charge in [0.1, 0.15) is 13.2 Å². The van der Waals surface area contributed by atoms with E-state index in [0.717, 1.165) is 22.8 Å². The lowest BCUT2D eigenvalue weighted by Gasteiger charge is -2.19. The predicted molar refractivity (Wildman–Crippen MR) is 69.1 cm³/mol. The van der Waals surface area contributed by atoms with Crippen LogP contribution in [0.25, 0.3) is 11.3 Å². The van der Waals surface area contributed by atoms with Crippen molar-refractivity contribution in [3.05, 3.63) is 23.4 Å². The van der Waals surface area contributed by atoms with Crippen LogP contribution in [0.4, 0.5) is 5.95 Å². The summed E-state index contributed by atoms with van der Waals surface area (Å²) in [4.78, 5) is 4.03. The van der Waals surface area contributed by atoms with Gasteiger partial charge >= 0.3 is 0 Å². The van der Waals surface area contributed by atoms with Gasteiger partial charge in [-0.25, -0.2) is 4.98 Å². The van der Waals surface area contributed by atoms with E-state index in [1.54, 1.807) is 4.57 Å². The van der Waals surface area contributed by atoms with E-state index in [9.17, 15) is 0 Å². The predicted octanol–water partition coefficient (Wildman–Crippen LogP) is 2.09. The maximum atomic E-state index is 6.08. The molecule has 3 rings (SSSR count). The third-order valence-electron chi connectivity index (χ3n) is 2.90. The summed E-state index contributed by atoms with van der Waals surface area (Å²) in [5, 5.41) is 0.381. The summed E-state index contributed by atoms with van der Waals surface area (Å²) < 4.78 is 12.8. The van der Waals surface area contributed by atoms with Crippen molar-refractivity contribution in [1.29, 1.82) is 0 Å². The molecule has 18 heavy (non-hydrogen) atoms. The van der Waals surface area contributed by atoms with E-state index < -0.39 is 0 Å². The van der Waals surface area contributed by atoms with Crippen molar-refractivity contribution >= 4 is 17.5 Å². The van der Waals surface area contributed by atoms with Crippen molar-refractivity contribution in [2.45, 2.75) is 0 Å². The number of imidazole rings is 1. The minimum atomic E-state index is 0.380. The van der Waals surface area contributed by atoms with Crippen LogP contribution in [-0.2, 0) is 7.05 Å². The number of fused-ring (bicyclic) bond motifs is 1. The molecule has 1 aromatic heterocycles. The number of halogens is 1. The molecule has 0 unspecified atom stereocenters. The molecule has 0 spiro atoms. The Morgan fingerprint density at radius 2 is 2.00 bits per heavy atom. The van der Waals surface area contributed by atoms with E-state index in [1.807, 2.05) is 25.2 Å². The van der Waals surface area contributed by atoms with E-state index in [2.05, 4.69) is 4.98 Å². The molecule has 1 aromatic carbocycles. The normalized spacial score (nSPS) is 13.7. The van der Waals surface area contributed by atoms with Gasteiger partial charge in [0.05, 0.1) is 5.69 Å². The molecule has 5 nitrogen and oxygen atoms in total. The largest absolute Gasteiger partial charge is 0.486 e. The highest BCUT2D eigenvalue weighted by atomic mass is 35.5. The van der Waals surface area contributed by atoms with Gasteiger partial charge in [-0.15, -0.1) is 0 Å². The second-order valence-corrected chi connectivity index (χ2v) is 4.38. The molecule has 0 amide bonds. The highest BCUT2D eigenvalue weighted by Gasteiger charge is 2.17. The quantitative estimate of drug-likeness (QED) is 0.858. The van der Waals surface area contributed by atoms with E-state index in [0.29, 0.717) is 24.3 Å². The molecular formula is C12H12ClN3O2. The maximum Gasteiger partial charge on any atom is 0.201 e. The summed E-state index contributed by atoms with van der Waals surface area (Å²) in [6.07, 6.45) is 0. The fourth-order valence-electron chi connectivity index (χ4n) is 1.98. The monoisotopic (exact) mass is 265 g/mol. The van der Waals surface area contributed by atoms with Crippen molar-refractivity contribution in [2.75, 3.05) is 18.9 Å². The Morgan fingerprint density at radius 3 is 2.67 bits per heavy atom. The first-order chi connectivity index (χ1) is 8.66. The molecule has 0 aliphatic carbocycles. The van der Waals surface area contributed by atoms with Crippen LogP contribution < -0.4 is 15.2 Å². The first-order valence-corrected chi connectivity index (χ1v) is 5.92. The lowest BCUT2D eigenvalue weighted by molar-refractivity contribution is 0.171. The van der Waals surface area contributed by atoms with Crippen LogP contribution in [0.2, 0.25) is 5.15 Å². The zero-order chi connectivity index (χ0) is 12.7. The molecule has 0 radical (unpaired) electrons. The smallest absolute Gasteiger partial charge is 0.201 e. The number of nitrogen functional groups attached to an aromatic ring is 1. The van der Waals surface area contributed by atoms with E-state index >= 15 is 0 Å². The Bertz CT molecular complexity index is 610. The number of hydrogen-bond donors (Lipinski definition) is 1. The molecular weight excluding hydrogens is 254 g/mol. The van der Waals surface area contributed by atoms with Gasteiger partial charge in [0, 0.05) is 12.6 Å². The highest BCUT2D eigenvalue weighted by molar-refractivity contribution is 6.32. The van der Waals surface area contributed by atoms with Crippen LogP contribution in [0.15, 0.2) is 18.2 Å². The van der Waals surface area contributed by atoms with Gasteiger partial charge in [0.2, 0.25) is 5.95 Å². The number of anilines is 1. The number of nitrogens with zero attached hydrogens (tertiary/aromatic N) is 2. The number of aromatic nitrogens is 2. The van der Waals surface area contributed by atoms with Crippen LogP contribution in [0, 0.1) is 0 Å². The van der Waals surface area contributed by atoms with E-state index in [1.165, 1.54) is 0 Å². The molecule has 0 atom stereocenters. The van der Waals surface area contributed by atoms with Crippen molar-refractivity contribution in [3.8, 4) is 22.8 Å². The second kappa shape index (κ2) is 4.10. The Balaban J connectivity index is 2.12. The molecule has 1 aliphatic heterocycles. The lowest BCUT2D eigenvalue weighted by Crippen LogP contribution is -2.15. The van der Waals surface area contributed by atoms with Crippen LogP contribution in [-0.4, -0.2) is 22.8 Å². The van der Waals surface area contributed by atoms with Gasteiger partial charge in [-0.1, -0.05) is 11.6 Å². The average molecular weight is 266 g/mol. The molecule has 1 aliphatic rings. The SMILES string of the molecule is Cn1c(N)nc(Cl)c1-c1ccc2c(c1)OCCO2. The Hall–Kier alpha value is -1.88. The summed E-state index contributed by atoms with van der Waals surface area (Å²) in [6.45, 7) is 1.13. The van der Waals surface area contributed by atoms with E-state index in [-0.39, 0.29) is 0 Å². The Kier molecular flexibility index (Phi) is 2.56. The average Bonchev–Trinajstić information content (AvgIpc) is 2.63.